The van der Waals surface area contributed by atoms with Crippen molar-refractivity contribution < 1.29 is 0 Å². The van der Waals surface area contributed by atoms with Crippen LogP contribution in [-0.4, -0.2) is 16.0 Å². The smallest absolute Gasteiger partial charge is 0.220 e. The SMILES string of the molecule is Cc1nc(N)ncc1/C=C/C[C@H](C)N. The summed E-state index contributed by atoms with van der Waals surface area (Å²) >= 11 is 0. The molecule has 4 nitrogen and oxygen atoms in total. The minimum absolute atomic E-state index is 0.182. The molecule has 0 fully saturated rings. The summed E-state index contributed by atoms with van der Waals surface area (Å²) in [5, 5.41) is 0. The van der Waals surface area contributed by atoms with Gasteiger partial charge in [-0.05, 0) is 20.3 Å². The summed E-state index contributed by atoms with van der Waals surface area (Å²) < 4.78 is 0. The van der Waals surface area contributed by atoms with Crippen molar-refractivity contribution in [3.63, 3.8) is 0 Å². The number of aryl methyl sites for hydroxylation is 1. The highest BCUT2D eigenvalue weighted by Crippen LogP contribution is 2.07. The summed E-state index contributed by atoms with van der Waals surface area (Å²) in [4.78, 5) is 7.98. The lowest BCUT2D eigenvalue weighted by Gasteiger charge is -2.00. The number of hydrogen-bond acceptors (Lipinski definition) is 4. The number of nitrogens with zero attached hydrogens (tertiary/aromatic N) is 2. The van der Waals surface area contributed by atoms with Gasteiger partial charge in [0.2, 0.25) is 5.95 Å². The van der Waals surface area contributed by atoms with Crippen LogP contribution in [0.25, 0.3) is 6.08 Å². The summed E-state index contributed by atoms with van der Waals surface area (Å²) in [6, 6.07) is 0.182. The van der Waals surface area contributed by atoms with Crippen LogP contribution in [0.15, 0.2) is 12.3 Å². The van der Waals surface area contributed by atoms with E-state index >= 15 is 0 Å². The molecule has 1 aromatic rings. The molecule has 0 saturated carbocycles. The first-order valence-electron chi connectivity index (χ1n) is 4.61. The summed E-state index contributed by atoms with van der Waals surface area (Å²) in [6.45, 7) is 3.88. The topological polar surface area (TPSA) is 77.8 Å². The third-order valence-corrected chi connectivity index (χ3v) is 1.84. The van der Waals surface area contributed by atoms with Gasteiger partial charge >= 0.3 is 0 Å². The van der Waals surface area contributed by atoms with E-state index in [1.54, 1.807) is 6.20 Å². The summed E-state index contributed by atoms with van der Waals surface area (Å²) in [5.74, 6) is 0.312. The molecule has 76 valence electrons. The second-order valence-electron chi connectivity index (χ2n) is 3.38. The molecule has 0 aromatic carbocycles. The van der Waals surface area contributed by atoms with E-state index in [-0.39, 0.29) is 6.04 Å². The second-order valence-corrected chi connectivity index (χ2v) is 3.38. The molecule has 0 aliphatic carbocycles. The predicted molar refractivity (Wildman–Crippen MR) is 58.5 cm³/mol. The van der Waals surface area contributed by atoms with Gasteiger partial charge in [-0.2, -0.15) is 0 Å². The van der Waals surface area contributed by atoms with Crippen molar-refractivity contribution in [1.82, 2.24) is 9.97 Å². The van der Waals surface area contributed by atoms with E-state index in [0.29, 0.717) is 5.95 Å². The van der Waals surface area contributed by atoms with Gasteiger partial charge in [0.25, 0.3) is 0 Å². The first-order chi connectivity index (χ1) is 6.59. The average Bonchev–Trinajstić information content (AvgIpc) is 2.08. The molecule has 0 unspecified atom stereocenters. The maximum Gasteiger partial charge on any atom is 0.220 e. The fourth-order valence-electron chi connectivity index (χ4n) is 1.07. The molecule has 4 heteroatoms. The quantitative estimate of drug-likeness (QED) is 0.752. The summed E-state index contributed by atoms with van der Waals surface area (Å²) in [6.07, 6.45) is 6.56. The van der Waals surface area contributed by atoms with E-state index in [2.05, 4.69) is 9.97 Å². The van der Waals surface area contributed by atoms with Crippen LogP contribution in [0.1, 0.15) is 24.6 Å². The molecule has 4 N–H and O–H groups in total. The van der Waals surface area contributed by atoms with E-state index in [0.717, 1.165) is 17.7 Å². The van der Waals surface area contributed by atoms with Crippen molar-refractivity contribution in [1.29, 1.82) is 0 Å². The van der Waals surface area contributed by atoms with E-state index in [4.69, 9.17) is 11.5 Å². The minimum atomic E-state index is 0.182. The van der Waals surface area contributed by atoms with Crippen LogP contribution in [0.2, 0.25) is 0 Å². The van der Waals surface area contributed by atoms with Crippen molar-refractivity contribution in [2.75, 3.05) is 5.73 Å². The molecule has 14 heavy (non-hydrogen) atoms. The number of hydrogen-bond donors (Lipinski definition) is 2. The maximum atomic E-state index is 5.62. The highest BCUT2D eigenvalue weighted by atomic mass is 15.0. The van der Waals surface area contributed by atoms with Crippen molar-refractivity contribution in [2.24, 2.45) is 5.73 Å². The Morgan fingerprint density at radius 3 is 2.86 bits per heavy atom. The Morgan fingerprint density at radius 1 is 1.57 bits per heavy atom. The molecule has 1 atom stereocenters. The van der Waals surface area contributed by atoms with Crippen molar-refractivity contribution in [3.05, 3.63) is 23.5 Å². The third-order valence-electron chi connectivity index (χ3n) is 1.84. The number of nitrogens with two attached hydrogens (primary N) is 2. The lowest BCUT2D eigenvalue weighted by molar-refractivity contribution is 0.759. The van der Waals surface area contributed by atoms with Crippen LogP contribution >= 0.6 is 0 Å². The van der Waals surface area contributed by atoms with Gasteiger partial charge in [0.15, 0.2) is 0 Å². The number of anilines is 1. The highest BCUT2D eigenvalue weighted by Gasteiger charge is 1.97. The predicted octanol–water partition coefficient (Wildman–Crippen LogP) is 1.12. The van der Waals surface area contributed by atoms with Crippen LogP contribution in [-0.2, 0) is 0 Å². The third kappa shape index (κ3) is 3.14. The molecule has 1 heterocycles. The highest BCUT2D eigenvalue weighted by molar-refractivity contribution is 5.51. The standard InChI is InChI=1S/C10H16N4/c1-7(11)4-3-5-9-6-13-10(12)14-8(9)2/h3,5-7H,4,11H2,1-2H3,(H2,12,13,14)/b5-3+/t7-/m0/s1. The molecule has 0 aliphatic rings. The van der Waals surface area contributed by atoms with Gasteiger partial charge in [-0.1, -0.05) is 12.2 Å². The molecule has 0 radical (unpaired) electrons. The average molecular weight is 192 g/mol. The molecule has 0 spiro atoms. The monoisotopic (exact) mass is 192 g/mol. The first kappa shape index (κ1) is 10.7. The van der Waals surface area contributed by atoms with Crippen LogP contribution in [0, 0.1) is 6.92 Å². The zero-order valence-electron chi connectivity index (χ0n) is 8.57. The van der Waals surface area contributed by atoms with Crippen LogP contribution in [0.5, 0.6) is 0 Å². The Morgan fingerprint density at radius 2 is 2.29 bits per heavy atom. The van der Waals surface area contributed by atoms with E-state index < -0.39 is 0 Å². The van der Waals surface area contributed by atoms with Crippen molar-refractivity contribution >= 4 is 12.0 Å². The fraction of sp³-hybridized carbons (Fsp3) is 0.400. The fourth-order valence-corrected chi connectivity index (χ4v) is 1.07. The second kappa shape index (κ2) is 4.72. The molecule has 0 saturated heterocycles. The summed E-state index contributed by atoms with van der Waals surface area (Å²) in [5.41, 5.74) is 12.9. The zero-order chi connectivity index (χ0) is 10.6. The Bertz CT molecular complexity index is 331. The lowest BCUT2D eigenvalue weighted by Crippen LogP contribution is -2.12. The number of aromatic nitrogens is 2. The van der Waals surface area contributed by atoms with Crippen molar-refractivity contribution in [2.45, 2.75) is 26.3 Å². The van der Waals surface area contributed by atoms with Crippen LogP contribution < -0.4 is 11.5 Å². The van der Waals surface area contributed by atoms with Gasteiger partial charge in [0.1, 0.15) is 0 Å². The minimum Gasteiger partial charge on any atom is -0.368 e. The van der Waals surface area contributed by atoms with Crippen LogP contribution in [0.4, 0.5) is 5.95 Å². The van der Waals surface area contributed by atoms with Crippen LogP contribution in [0.3, 0.4) is 0 Å². The van der Waals surface area contributed by atoms with E-state index in [1.165, 1.54) is 0 Å². The van der Waals surface area contributed by atoms with Gasteiger partial charge in [-0.25, -0.2) is 9.97 Å². The van der Waals surface area contributed by atoms with Gasteiger partial charge in [0.05, 0.1) is 5.69 Å². The molecule has 1 rings (SSSR count). The molecule has 0 bridgehead atoms. The first-order valence-corrected chi connectivity index (χ1v) is 4.61. The van der Waals surface area contributed by atoms with Gasteiger partial charge in [-0.15, -0.1) is 0 Å². The van der Waals surface area contributed by atoms with Gasteiger partial charge in [0, 0.05) is 17.8 Å². The van der Waals surface area contributed by atoms with Gasteiger partial charge < -0.3 is 11.5 Å². The van der Waals surface area contributed by atoms with E-state index in [1.807, 2.05) is 26.0 Å². The van der Waals surface area contributed by atoms with Gasteiger partial charge in [-0.3, -0.25) is 0 Å². The molecule has 1 aromatic heterocycles. The zero-order valence-corrected chi connectivity index (χ0v) is 8.57. The molecular formula is C10H16N4. The lowest BCUT2D eigenvalue weighted by atomic mass is 10.2. The molecule has 0 amide bonds. The van der Waals surface area contributed by atoms with E-state index in [9.17, 15) is 0 Å². The Labute approximate surface area is 84.1 Å². The normalized spacial score (nSPS) is 13.4. The summed E-state index contributed by atoms with van der Waals surface area (Å²) in [7, 11) is 0. The Balaban J connectivity index is 2.72. The molecule has 0 aliphatic heterocycles. The molecular weight excluding hydrogens is 176 g/mol. The van der Waals surface area contributed by atoms with Crippen molar-refractivity contribution in [3.8, 4) is 0 Å². The number of rotatable bonds is 3. The maximum absolute atomic E-state index is 5.62. The number of nitrogen functional groups attached to an aromatic ring is 1. The Kier molecular flexibility index (Phi) is 3.59. The Hall–Kier alpha value is -1.42. The largest absolute Gasteiger partial charge is 0.368 e.